The molecule has 0 saturated carbocycles. The molecular formula is C13H13FN2O2S. The summed E-state index contributed by atoms with van der Waals surface area (Å²) < 4.78 is 41.3. The Hall–Kier alpha value is -1.92. The summed E-state index contributed by atoms with van der Waals surface area (Å²) in [6.07, 6.45) is 0. The predicted octanol–water partition coefficient (Wildman–Crippen LogP) is 1.96. The molecule has 0 spiro atoms. The Bertz CT molecular complexity index is 687. The maximum absolute atomic E-state index is 13.5. The van der Waals surface area contributed by atoms with Gasteiger partial charge >= 0.3 is 0 Å². The highest BCUT2D eigenvalue weighted by molar-refractivity contribution is 7.94. The molecule has 2 aromatic rings. The molecule has 0 unspecified atom stereocenters. The summed E-state index contributed by atoms with van der Waals surface area (Å²) in [6.45, 7) is 0.409. The average Bonchev–Trinajstić information content (AvgIpc) is 2.39. The fourth-order valence-electron chi connectivity index (χ4n) is 1.64. The number of nitrogens with zero attached hydrogens (tertiary/aromatic N) is 1. The molecule has 0 aliphatic heterocycles. The lowest BCUT2D eigenvalue weighted by Crippen LogP contribution is -2.47. The molecule has 0 atom stereocenters. The normalized spacial score (nSPS) is 11.3. The standard InChI is InChI=1S/C13H12FN2O2S/c14-11-6-2-4-8-13(11)19(17,18)16-12-7-3-1-5-10(12)9-15/h1-8H,9,15H2/q-1/p+1. The topological polar surface area (TPSA) is 75.9 Å². The maximum atomic E-state index is 13.5. The van der Waals surface area contributed by atoms with E-state index >= 15 is 0 Å². The van der Waals surface area contributed by atoms with E-state index in [2.05, 4.69) is 10.5 Å². The largest absolute Gasteiger partial charge is 0.572 e. The predicted molar refractivity (Wildman–Crippen MR) is 69.6 cm³/mol. The van der Waals surface area contributed by atoms with E-state index in [9.17, 15) is 12.8 Å². The summed E-state index contributed by atoms with van der Waals surface area (Å²) >= 11 is 0. The number of hydrogen-bond donors (Lipinski definition) is 1. The van der Waals surface area contributed by atoms with Crippen LogP contribution in [0.15, 0.2) is 53.4 Å². The third-order valence-corrected chi connectivity index (χ3v) is 3.92. The first-order valence-corrected chi connectivity index (χ1v) is 7.08. The quantitative estimate of drug-likeness (QED) is 0.929. The molecule has 0 aromatic heterocycles. The summed E-state index contributed by atoms with van der Waals surface area (Å²) in [4.78, 5) is -0.422. The number of hydrogen-bond acceptors (Lipinski definition) is 2. The minimum Gasteiger partial charge on any atom is -0.572 e. The summed E-state index contributed by atoms with van der Waals surface area (Å²) in [5.41, 5.74) is 4.70. The minimum absolute atomic E-state index is 0.292. The molecule has 6 heteroatoms. The molecule has 0 aliphatic rings. The van der Waals surface area contributed by atoms with Gasteiger partial charge in [0, 0.05) is 0 Å². The number of rotatable bonds is 4. The summed E-state index contributed by atoms with van der Waals surface area (Å²) in [7, 11) is -4.05. The Morgan fingerprint density at radius 2 is 1.68 bits per heavy atom. The molecule has 4 nitrogen and oxygen atoms in total. The summed E-state index contributed by atoms with van der Waals surface area (Å²) in [6, 6.07) is 11.9. The van der Waals surface area contributed by atoms with Crippen LogP contribution in [0.3, 0.4) is 0 Å². The van der Waals surface area contributed by atoms with Crippen LogP contribution in [0.5, 0.6) is 0 Å². The van der Waals surface area contributed by atoms with Gasteiger partial charge in [0.15, 0.2) is 0 Å². The van der Waals surface area contributed by atoms with Crippen LogP contribution in [0.4, 0.5) is 10.1 Å². The molecule has 0 heterocycles. The zero-order chi connectivity index (χ0) is 13.9. The van der Waals surface area contributed by atoms with Gasteiger partial charge < -0.3 is 10.5 Å². The first-order valence-electron chi connectivity index (χ1n) is 5.64. The highest BCUT2D eigenvalue weighted by Crippen LogP contribution is 2.31. The summed E-state index contributed by atoms with van der Waals surface area (Å²) in [5.74, 6) is -0.807. The number of quaternary nitrogens is 1. The first-order chi connectivity index (χ1) is 9.04. The van der Waals surface area contributed by atoms with Gasteiger partial charge in [-0.05, 0) is 17.7 Å². The van der Waals surface area contributed by atoms with Gasteiger partial charge in [-0.25, -0.2) is 12.8 Å². The van der Waals surface area contributed by atoms with Crippen LogP contribution in [0.25, 0.3) is 4.72 Å². The van der Waals surface area contributed by atoms with Gasteiger partial charge in [-0.3, -0.25) is 0 Å². The average molecular weight is 280 g/mol. The lowest BCUT2D eigenvalue weighted by Gasteiger charge is -2.24. The van der Waals surface area contributed by atoms with E-state index in [0.717, 1.165) is 6.07 Å². The zero-order valence-corrected chi connectivity index (χ0v) is 10.9. The Morgan fingerprint density at radius 1 is 1.05 bits per heavy atom. The van der Waals surface area contributed by atoms with Crippen molar-refractivity contribution in [2.45, 2.75) is 11.4 Å². The Kier molecular flexibility index (Phi) is 3.82. The van der Waals surface area contributed by atoms with Crippen molar-refractivity contribution in [3.8, 4) is 0 Å². The van der Waals surface area contributed by atoms with Gasteiger partial charge in [-0.2, -0.15) is 0 Å². The van der Waals surface area contributed by atoms with Gasteiger partial charge in [0.2, 0.25) is 0 Å². The molecule has 0 aliphatic carbocycles. The lowest BCUT2D eigenvalue weighted by atomic mass is 10.2. The molecule has 100 valence electrons. The monoisotopic (exact) mass is 280 g/mol. The van der Waals surface area contributed by atoms with Crippen LogP contribution < -0.4 is 5.73 Å². The van der Waals surface area contributed by atoms with E-state index in [0.29, 0.717) is 17.8 Å². The first kappa shape index (κ1) is 13.5. The molecule has 0 radical (unpaired) electrons. The van der Waals surface area contributed by atoms with Crippen molar-refractivity contribution in [1.82, 2.24) is 0 Å². The number of benzene rings is 2. The Labute approximate surface area is 111 Å². The maximum Gasteiger partial charge on any atom is 0.140 e. The van der Waals surface area contributed by atoms with Crippen molar-refractivity contribution in [3.63, 3.8) is 0 Å². The van der Waals surface area contributed by atoms with Crippen LogP contribution in [0, 0.1) is 5.82 Å². The van der Waals surface area contributed by atoms with E-state index in [-0.39, 0.29) is 0 Å². The molecule has 3 N–H and O–H groups in total. The molecule has 2 aromatic carbocycles. The van der Waals surface area contributed by atoms with Crippen molar-refractivity contribution < 1.29 is 18.5 Å². The molecule has 0 amide bonds. The van der Waals surface area contributed by atoms with Gasteiger partial charge in [0.1, 0.15) is 15.8 Å². The zero-order valence-electron chi connectivity index (χ0n) is 10.1. The second-order valence-corrected chi connectivity index (χ2v) is 5.45. The fraction of sp³-hybridized carbons (Fsp3) is 0.0769. The number of halogens is 1. The van der Waals surface area contributed by atoms with Crippen molar-refractivity contribution in [2.75, 3.05) is 0 Å². The molecule has 2 rings (SSSR count). The third-order valence-electron chi connectivity index (χ3n) is 2.59. The Balaban J connectivity index is 2.40. The van der Waals surface area contributed by atoms with Crippen molar-refractivity contribution in [2.24, 2.45) is 0 Å². The molecule has 0 saturated heterocycles. The molecule has 19 heavy (non-hydrogen) atoms. The highest BCUT2D eigenvalue weighted by atomic mass is 32.2. The molecule has 0 fully saturated rings. The smallest absolute Gasteiger partial charge is 0.140 e. The van der Waals surface area contributed by atoms with E-state index in [1.807, 2.05) is 0 Å². The summed E-state index contributed by atoms with van der Waals surface area (Å²) in [5, 5.41) is 0. The van der Waals surface area contributed by atoms with E-state index in [1.54, 1.807) is 24.3 Å². The second kappa shape index (κ2) is 5.38. The fourth-order valence-corrected chi connectivity index (χ4v) is 2.74. The van der Waals surface area contributed by atoms with E-state index < -0.39 is 20.7 Å². The molecular weight excluding hydrogens is 267 g/mol. The van der Waals surface area contributed by atoms with E-state index in [4.69, 9.17) is 0 Å². The van der Waals surface area contributed by atoms with Crippen LogP contribution in [-0.2, 0) is 16.6 Å². The molecule has 0 bridgehead atoms. The SMILES string of the molecule is [NH3+]Cc1ccccc1[N-]S(=O)(=O)c1ccccc1F. The van der Waals surface area contributed by atoms with Crippen molar-refractivity contribution in [1.29, 1.82) is 0 Å². The third kappa shape index (κ3) is 2.91. The van der Waals surface area contributed by atoms with Gasteiger partial charge in [-0.1, -0.05) is 36.4 Å². The van der Waals surface area contributed by atoms with Gasteiger partial charge in [-0.15, -0.1) is 5.69 Å². The minimum atomic E-state index is -4.05. The van der Waals surface area contributed by atoms with Gasteiger partial charge in [0.25, 0.3) is 0 Å². The van der Waals surface area contributed by atoms with Crippen molar-refractivity contribution in [3.05, 3.63) is 64.6 Å². The Morgan fingerprint density at radius 3 is 2.37 bits per heavy atom. The van der Waals surface area contributed by atoms with Crippen LogP contribution in [0.2, 0.25) is 0 Å². The van der Waals surface area contributed by atoms with Crippen LogP contribution in [-0.4, -0.2) is 8.42 Å². The lowest BCUT2D eigenvalue weighted by molar-refractivity contribution is -0.386. The van der Waals surface area contributed by atoms with Crippen LogP contribution in [0.1, 0.15) is 5.56 Å². The van der Waals surface area contributed by atoms with Crippen molar-refractivity contribution >= 4 is 15.7 Å². The van der Waals surface area contributed by atoms with Gasteiger partial charge in [0.05, 0.1) is 11.4 Å². The van der Waals surface area contributed by atoms with E-state index in [1.165, 1.54) is 18.2 Å². The highest BCUT2D eigenvalue weighted by Gasteiger charge is 2.11. The van der Waals surface area contributed by atoms with Crippen LogP contribution >= 0.6 is 0 Å². The second-order valence-electron chi connectivity index (χ2n) is 3.88. The number of sulfonamides is 1.